The zero-order valence-corrected chi connectivity index (χ0v) is 10.7. The molecule has 0 aliphatic carbocycles. The zero-order valence-electron chi connectivity index (χ0n) is 10.7. The van der Waals surface area contributed by atoms with E-state index in [4.69, 9.17) is 0 Å². The number of fused-ring (bicyclic) bond motifs is 1. The van der Waals surface area contributed by atoms with Crippen LogP contribution in [0.15, 0.2) is 42.5 Å². The molecule has 2 aromatic rings. The number of likely N-dealkylation sites (tertiary alicyclic amines) is 1. The number of β-amino-alcohol motifs (C(OH)–C–C–N with tert-alkyl or cyclic N) is 1. The third-order valence-electron chi connectivity index (χ3n) is 3.99. The van der Waals surface area contributed by atoms with Gasteiger partial charge in [-0.1, -0.05) is 42.5 Å². The van der Waals surface area contributed by atoms with Crippen LogP contribution in [0.5, 0.6) is 0 Å². The van der Waals surface area contributed by atoms with Crippen LogP contribution in [0.2, 0.25) is 0 Å². The Morgan fingerprint density at radius 2 is 1.89 bits per heavy atom. The molecule has 94 valence electrons. The third kappa shape index (κ3) is 2.14. The van der Waals surface area contributed by atoms with Crippen molar-refractivity contribution >= 4 is 10.8 Å². The van der Waals surface area contributed by atoms with Crippen LogP contribution in [0.3, 0.4) is 0 Å². The van der Waals surface area contributed by atoms with Crippen molar-refractivity contribution in [2.45, 2.75) is 18.4 Å². The summed E-state index contributed by atoms with van der Waals surface area (Å²) >= 11 is 0. The molecule has 1 saturated heterocycles. The Hall–Kier alpha value is -1.38. The maximum Gasteiger partial charge on any atom is 0.0735 e. The van der Waals surface area contributed by atoms with Gasteiger partial charge in [-0.05, 0) is 36.3 Å². The van der Waals surface area contributed by atoms with E-state index in [1.807, 2.05) is 0 Å². The highest BCUT2D eigenvalue weighted by molar-refractivity contribution is 5.83. The Bertz CT molecular complexity index is 552. The summed E-state index contributed by atoms with van der Waals surface area (Å²) in [5.41, 5.74) is 1.27. The minimum absolute atomic E-state index is 0.245. The Kier molecular flexibility index (Phi) is 3.06. The average molecular weight is 241 g/mol. The molecule has 2 atom stereocenters. The van der Waals surface area contributed by atoms with Crippen LogP contribution in [0.4, 0.5) is 0 Å². The molecule has 2 nitrogen and oxygen atoms in total. The topological polar surface area (TPSA) is 23.5 Å². The lowest BCUT2D eigenvalue weighted by Gasteiger charge is -2.34. The van der Waals surface area contributed by atoms with Gasteiger partial charge in [-0.15, -0.1) is 0 Å². The Morgan fingerprint density at radius 1 is 1.11 bits per heavy atom. The molecule has 0 bridgehead atoms. The summed E-state index contributed by atoms with van der Waals surface area (Å²) in [7, 11) is 2.07. The molecular formula is C16H19NO. The van der Waals surface area contributed by atoms with Crippen LogP contribution in [-0.4, -0.2) is 36.2 Å². The van der Waals surface area contributed by atoms with E-state index >= 15 is 0 Å². The molecule has 1 aliphatic heterocycles. The fraction of sp³-hybridized carbons (Fsp3) is 0.375. The van der Waals surface area contributed by atoms with Crippen molar-refractivity contribution in [2.24, 2.45) is 0 Å². The molecule has 2 aromatic carbocycles. The summed E-state index contributed by atoms with van der Waals surface area (Å²) in [5, 5.41) is 12.8. The number of likely N-dealkylation sites (N-methyl/N-ethyl adjacent to an activating group) is 1. The van der Waals surface area contributed by atoms with Crippen molar-refractivity contribution in [3.05, 3.63) is 48.0 Å². The molecular weight excluding hydrogens is 222 g/mol. The number of rotatable bonds is 1. The number of piperidine rings is 1. The number of hydrogen-bond donors (Lipinski definition) is 1. The minimum atomic E-state index is -0.245. The molecule has 0 saturated carbocycles. The standard InChI is InChI=1S/C16H19NO/c1-17-9-8-15(16(18)11-17)14-7-6-12-4-2-3-5-13(12)10-14/h2-7,10,15-16,18H,8-9,11H2,1H3/t15-,16+/m0/s1. The maximum absolute atomic E-state index is 10.2. The van der Waals surface area contributed by atoms with Crippen LogP contribution in [0, 0.1) is 0 Å². The van der Waals surface area contributed by atoms with E-state index in [0.29, 0.717) is 0 Å². The Labute approximate surface area is 108 Å². The average Bonchev–Trinajstić information content (AvgIpc) is 2.38. The van der Waals surface area contributed by atoms with Gasteiger partial charge in [-0.25, -0.2) is 0 Å². The normalized spacial score (nSPS) is 25.4. The van der Waals surface area contributed by atoms with E-state index in [-0.39, 0.29) is 12.0 Å². The fourth-order valence-corrected chi connectivity index (χ4v) is 2.92. The first-order valence-corrected chi connectivity index (χ1v) is 6.59. The van der Waals surface area contributed by atoms with E-state index in [1.54, 1.807) is 0 Å². The lowest BCUT2D eigenvalue weighted by Crippen LogP contribution is -2.40. The molecule has 18 heavy (non-hydrogen) atoms. The second-order valence-corrected chi connectivity index (χ2v) is 5.33. The van der Waals surface area contributed by atoms with E-state index in [1.165, 1.54) is 16.3 Å². The predicted molar refractivity (Wildman–Crippen MR) is 74.8 cm³/mol. The first kappa shape index (κ1) is 11.7. The van der Waals surface area contributed by atoms with Crippen molar-refractivity contribution in [3.8, 4) is 0 Å². The van der Waals surface area contributed by atoms with Gasteiger partial charge in [0.2, 0.25) is 0 Å². The number of aliphatic hydroxyl groups is 1. The highest BCUT2D eigenvalue weighted by atomic mass is 16.3. The number of nitrogens with zero attached hydrogens (tertiary/aromatic N) is 1. The van der Waals surface area contributed by atoms with Crippen LogP contribution in [0.25, 0.3) is 10.8 Å². The van der Waals surface area contributed by atoms with E-state index < -0.39 is 0 Å². The molecule has 1 fully saturated rings. The van der Waals surface area contributed by atoms with Crippen molar-refractivity contribution in [3.63, 3.8) is 0 Å². The Balaban J connectivity index is 1.94. The fourth-order valence-electron chi connectivity index (χ4n) is 2.92. The molecule has 1 N–H and O–H groups in total. The van der Waals surface area contributed by atoms with Gasteiger partial charge >= 0.3 is 0 Å². The molecule has 1 heterocycles. The van der Waals surface area contributed by atoms with E-state index in [2.05, 4.69) is 54.4 Å². The lowest BCUT2D eigenvalue weighted by atomic mass is 9.86. The Morgan fingerprint density at radius 3 is 2.67 bits per heavy atom. The summed E-state index contributed by atoms with van der Waals surface area (Å²) in [6.45, 7) is 1.84. The van der Waals surface area contributed by atoms with Gasteiger partial charge in [0.25, 0.3) is 0 Å². The van der Waals surface area contributed by atoms with Crippen LogP contribution in [0.1, 0.15) is 17.9 Å². The number of aliphatic hydroxyl groups excluding tert-OH is 1. The highest BCUT2D eigenvalue weighted by Crippen LogP contribution is 2.30. The SMILES string of the molecule is CN1CC[C@@H](c2ccc3ccccc3c2)[C@H](O)C1. The number of hydrogen-bond acceptors (Lipinski definition) is 2. The summed E-state index contributed by atoms with van der Waals surface area (Å²) < 4.78 is 0. The van der Waals surface area contributed by atoms with Gasteiger partial charge < -0.3 is 10.0 Å². The smallest absolute Gasteiger partial charge is 0.0735 e. The monoisotopic (exact) mass is 241 g/mol. The van der Waals surface area contributed by atoms with E-state index in [9.17, 15) is 5.11 Å². The molecule has 0 radical (unpaired) electrons. The van der Waals surface area contributed by atoms with Gasteiger partial charge in [0.1, 0.15) is 0 Å². The van der Waals surface area contributed by atoms with Crippen molar-refractivity contribution in [2.75, 3.05) is 20.1 Å². The van der Waals surface area contributed by atoms with Crippen molar-refractivity contribution < 1.29 is 5.11 Å². The third-order valence-corrected chi connectivity index (χ3v) is 3.99. The summed E-state index contributed by atoms with van der Waals surface area (Å²) in [6.07, 6.45) is 0.792. The molecule has 1 aliphatic rings. The summed E-state index contributed by atoms with van der Waals surface area (Å²) in [5.74, 6) is 0.283. The van der Waals surface area contributed by atoms with Gasteiger partial charge in [-0.3, -0.25) is 0 Å². The zero-order chi connectivity index (χ0) is 12.5. The second kappa shape index (κ2) is 4.71. The van der Waals surface area contributed by atoms with Gasteiger partial charge in [0, 0.05) is 12.5 Å². The van der Waals surface area contributed by atoms with Gasteiger partial charge in [0.05, 0.1) is 6.10 Å². The molecule has 0 unspecified atom stereocenters. The molecule has 3 rings (SSSR count). The molecule has 2 heteroatoms. The van der Waals surface area contributed by atoms with Crippen LogP contribution >= 0.6 is 0 Å². The number of benzene rings is 2. The van der Waals surface area contributed by atoms with Crippen LogP contribution in [-0.2, 0) is 0 Å². The molecule has 0 aromatic heterocycles. The largest absolute Gasteiger partial charge is 0.391 e. The highest BCUT2D eigenvalue weighted by Gasteiger charge is 2.27. The van der Waals surface area contributed by atoms with E-state index in [0.717, 1.165) is 19.5 Å². The summed E-state index contributed by atoms with van der Waals surface area (Å²) in [6, 6.07) is 15.0. The lowest BCUT2D eigenvalue weighted by molar-refractivity contribution is 0.0638. The maximum atomic E-state index is 10.2. The van der Waals surface area contributed by atoms with Crippen molar-refractivity contribution in [1.29, 1.82) is 0 Å². The van der Waals surface area contributed by atoms with Gasteiger partial charge in [0.15, 0.2) is 0 Å². The van der Waals surface area contributed by atoms with Gasteiger partial charge in [-0.2, -0.15) is 0 Å². The summed E-state index contributed by atoms with van der Waals surface area (Å²) in [4.78, 5) is 2.20. The van der Waals surface area contributed by atoms with Crippen molar-refractivity contribution in [1.82, 2.24) is 4.90 Å². The van der Waals surface area contributed by atoms with Crippen LogP contribution < -0.4 is 0 Å². The predicted octanol–water partition coefficient (Wildman–Crippen LogP) is 2.62. The molecule has 0 amide bonds. The first-order valence-electron chi connectivity index (χ1n) is 6.59. The first-order chi connectivity index (χ1) is 8.74. The minimum Gasteiger partial charge on any atom is -0.391 e. The molecule has 0 spiro atoms. The second-order valence-electron chi connectivity index (χ2n) is 5.33. The quantitative estimate of drug-likeness (QED) is 0.829.